The van der Waals surface area contributed by atoms with Crippen LogP contribution < -0.4 is 15.8 Å². The summed E-state index contributed by atoms with van der Waals surface area (Å²) >= 11 is 5.92. The Morgan fingerprint density at radius 1 is 1.36 bits per heavy atom. The molecule has 2 rings (SSSR count). The van der Waals surface area contributed by atoms with Gasteiger partial charge in [-0.25, -0.2) is 4.79 Å². The number of carbonyl (C=O) groups excluding carboxylic acids is 2. The van der Waals surface area contributed by atoms with E-state index in [1.54, 1.807) is 18.7 Å². The fourth-order valence-corrected chi connectivity index (χ4v) is 2.40. The second kappa shape index (κ2) is 7.43. The smallest absolute Gasteiger partial charge is 0.342 e. The predicted octanol–water partition coefficient (Wildman–Crippen LogP) is 2.08. The Morgan fingerprint density at radius 2 is 2.04 bits per heavy atom. The summed E-state index contributed by atoms with van der Waals surface area (Å²) in [6.07, 6.45) is 0. The third-order valence-electron chi connectivity index (χ3n) is 3.65. The summed E-state index contributed by atoms with van der Waals surface area (Å²) in [5, 5.41) is 7.07. The van der Waals surface area contributed by atoms with Crippen LogP contribution >= 0.6 is 11.6 Å². The van der Waals surface area contributed by atoms with Gasteiger partial charge in [-0.05, 0) is 19.9 Å². The minimum atomic E-state index is -0.742. The van der Waals surface area contributed by atoms with Crippen LogP contribution in [0.15, 0.2) is 12.1 Å². The molecule has 0 spiro atoms. The third-order valence-corrected chi connectivity index (χ3v) is 3.97. The molecule has 0 aliphatic heterocycles. The zero-order chi connectivity index (χ0) is 18.7. The molecule has 0 atom stereocenters. The van der Waals surface area contributed by atoms with Crippen molar-refractivity contribution in [1.29, 1.82) is 0 Å². The van der Waals surface area contributed by atoms with Gasteiger partial charge in [0.1, 0.15) is 11.3 Å². The van der Waals surface area contributed by atoms with Crippen LogP contribution in [0.25, 0.3) is 0 Å². The Bertz CT molecular complexity index is 832. The lowest BCUT2D eigenvalue weighted by Crippen LogP contribution is -2.21. The molecule has 0 aliphatic carbocycles. The summed E-state index contributed by atoms with van der Waals surface area (Å²) in [5.41, 5.74) is 8.09. The minimum absolute atomic E-state index is 0.0863. The van der Waals surface area contributed by atoms with Gasteiger partial charge < -0.3 is 20.5 Å². The predicted molar refractivity (Wildman–Crippen MR) is 94.0 cm³/mol. The van der Waals surface area contributed by atoms with Gasteiger partial charge in [-0.15, -0.1) is 0 Å². The molecule has 0 bridgehead atoms. The summed E-state index contributed by atoms with van der Waals surface area (Å²) in [6, 6.07) is 2.76. The quantitative estimate of drug-likeness (QED) is 0.619. The molecule has 25 heavy (non-hydrogen) atoms. The van der Waals surface area contributed by atoms with Crippen molar-refractivity contribution in [2.45, 2.75) is 13.8 Å². The first-order chi connectivity index (χ1) is 11.7. The molecule has 8 nitrogen and oxygen atoms in total. The number of amides is 1. The van der Waals surface area contributed by atoms with Crippen LogP contribution in [0, 0.1) is 13.8 Å². The number of esters is 1. The summed E-state index contributed by atoms with van der Waals surface area (Å²) in [7, 11) is 3.16. The van der Waals surface area contributed by atoms with Gasteiger partial charge in [0.25, 0.3) is 5.91 Å². The van der Waals surface area contributed by atoms with Crippen molar-refractivity contribution in [3.05, 3.63) is 34.1 Å². The topological polar surface area (TPSA) is 108 Å². The first-order valence-corrected chi connectivity index (χ1v) is 7.72. The van der Waals surface area contributed by atoms with Gasteiger partial charge in [0, 0.05) is 13.1 Å². The number of nitrogens with one attached hydrogen (secondary N) is 1. The third kappa shape index (κ3) is 4.03. The van der Waals surface area contributed by atoms with Crippen molar-refractivity contribution in [3.8, 4) is 5.75 Å². The molecule has 0 fully saturated rings. The molecule has 134 valence electrons. The van der Waals surface area contributed by atoms with Crippen molar-refractivity contribution >= 4 is 34.9 Å². The van der Waals surface area contributed by atoms with Crippen LogP contribution in [-0.4, -0.2) is 35.4 Å². The fourth-order valence-electron chi connectivity index (χ4n) is 2.24. The van der Waals surface area contributed by atoms with E-state index in [1.807, 2.05) is 6.92 Å². The van der Waals surface area contributed by atoms with E-state index in [1.165, 1.54) is 19.2 Å². The van der Waals surface area contributed by atoms with Crippen molar-refractivity contribution in [3.63, 3.8) is 0 Å². The lowest BCUT2D eigenvalue weighted by atomic mass is 10.2. The van der Waals surface area contributed by atoms with Gasteiger partial charge in [-0.3, -0.25) is 9.48 Å². The monoisotopic (exact) mass is 366 g/mol. The molecule has 1 aromatic heterocycles. The molecule has 1 heterocycles. The molecule has 0 saturated heterocycles. The molecular weight excluding hydrogens is 348 g/mol. The van der Waals surface area contributed by atoms with Crippen molar-refractivity contribution in [2.24, 2.45) is 7.05 Å². The zero-order valence-corrected chi connectivity index (χ0v) is 15.1. The van der Waals surface area contributed by atoms with Gasteiger partial charge in [-0.1, -0.05) is 11.6 Å². The molecular formula is C16H19ClN4O4. The Balaban J connectivity index is 2.05. The van der Waals surface area contributed by atoms with E-state index in [-0.39, 0.29) is 22.0 Å². The minimum Gasteiger partial charge on any atom is -0.496 e. The van der Waals surface area contributed by atoms with Crippen molar-refractivity contribution < 1.29 is 19.1 Å². The fraction of sp³-hybridized carbons (Fsp3) is 0.312. The van der Waals surface area contributed by atoms with E-state index < -0.39 is 18.5 Å². The van der Waals surface area contributed by atoms with E-state index in [9.17, 15) is 9.59 Å². The van der Waals surface area contributed by atoms with E-state index >= 15 is 0 Å². The second-order valence-electron chi connectivity index (χ2n) is 5.37. The molecule has 1 amide bonds. The number of nitrogens with zero attached hydrogens (tertiary/aromatic N) is 2. The average Bonchev–Trinajstić information content (AvgIpc) is 2.81. The highest BCUT2D eigenvalue weighted by Gasteiger charge is 2.19. The Kier molecular flexibility index (Phi) is 5.53. The maximum atomic E-state index is 12.2. The van der Waals surface area contributed by atoms with Crippen LogP contribution in [0.1, 0.15) is 21.7 Å². The van der Waals surface area contributed by atoms with E-state index in [0.717, 1.165) is 5.69 Å². The van der Waals surface area contributed by atoms with Crippen LogP contribution in [0.3, 0.4) is 0 Å². The van der Waals surface area contributed by atoms with Crippen LogP contribution in [0.2, 0.25) is 5.02 Å². The van der Waals surface area contributed by atoms with Crippen LogP contribution in [-0.2, 0) is 16.6 Å². The number of rotatable bonds is 5. The van der Waals surface area contributed by atoms with E-state index in [2.05, 4.69) is 10.4 Å². The number of anilines is 2. The Morgan fingerprint density at radius 3 is 2.60 bits per heavy atom. The van der Waals surface area contributed by atoms with Crippen LogP contribution in [0.4, 0.5) is 11.4 Å². The second-order valence-corrected chi connectivity index (χ2v) is 5.77. The number of carbonyl (C=O) groups is 2. The number of halogens is 1. The largest absolute Gasteiger partial charge is 0.496 e. The maximum absolute atomic E-state index is 12.2. The lowest BCUT2D eigenvalue weighted by Gasteiger charge is -2.11. The highest BCUT2D eigenvalue weighted by Crippen LogP contribution is 2.29. The number of nitrogen functional groups attached to an aromatic ring is 1. The molecule has 0 radical (unpaired) electrons. The maximum Gasteiger partial charge on any atom is 0.342 e. The number of aromatic nitrogens is 2. The summed E-state index contributed by atoms with van der Waals surface area (Å²) < 4.78 is 11.8. The van der Waals surface area contributed by atoms with Gasteiger partial charge >= 0.3 is 5.97 Å². The molecule has 0 saturated carbocycles. The van der Waals surface area contributed by atoms with Gasteiger partial charge in [0.2, 0.25) is 0 Å². The van der Waals surface area contributed by atoms with Gasteiger partial charge in [-0.2, -0.15) is 5.10 Å². The number of nitrogens with two attached hydrogens (primary N) is 1. The zero-order valence-electron chi connectivity index (χ0n) is 14.3. The number of aryl methyl sites for hydroxylation is 2. The number of hydrogen-bond donors (Lipinski definition) is 2. The normalized spacial score (nSPS) is 10.4. The number of methoxy groups -OCH3 is 1. The Labute approximate surface area is 149 Å². The van der Waals surface area contributed by atoms with Gasteiger partial charge in [0.05, 0.1) is 34.9 Å². The number of benzene rings is 1. The molecule has 0 aliphatic rings. The SMILES string of the molecule is COc1cc(N)c(Cl)cc1C(=O)OCC(=O)Nc1c(C)nn(C)c1C. The van der Waals surface area contributed by atoms with Crippen LogP contribution in [0.5, 0.6) is 5.75 Å². The standard InChI is InChI=1S/C16H19ClN4O4/c1-8-15(9(2)21(3)20-8)19-14(22)7-25-16(23)10-5-11(17)12(18)6-13(10)24-4/h5-6H,7,18H2,1-4H3,(H,19,22). The summed E-state index contributed by atoms with van der Waals surface area (Å²) in [6.45, 7) is 3.14. The average molecular weight is 367 g/mol. The van der Waals surface area contributed by atoms with Crippen molar-refractivity contribution in [1.82, 2.24) is 9.78 Å². The molecule has 3 N–H and O–H groups in total. The lowest BCUT2D eigenvalue weighted by molar-refractivity contribution is -0.119. The molecule has 2 aromatic rings. The molecule has 0 unspecified atom stereocenters. The van der Waals surface area contributed by atoms with E-state index in [4.69, 9.17) is 26.8 Å². The summed E-state index contributed by atoms with van der Waals surface area (Å²) in [4.78, 5) is 24.2. The highest BCUT2D eigenvalue weighted by molar-refractivity contribution is 6.33. The Hall–Kier alpha value is -2.74. The highest BCUT2D eigenvalue weighted by atomic mass is 35.5. The number of hydrogen-bond acceptors (Lipinski definition) is 6. The number of ether oxygens (including phenoxy) is 2. The molecule has 1 aromatic carbocycles. The van der Waals surface area contributed by atoms with E-state index in [0.29, 0.717) is 11.4 Å². The first kappa shape index (κ1) is 18.6. The summed E-state index contributed by atoms with van der Waals surface area (Å²) in [5.74, 6) is -1.01. The van der Waals surface area contributed by atoms with Crippen molar-refractivity contribution in [2.75, 3.05) is 24.8 Å². The molecule has 9 heteroatoms. The van der Waals surface area contributed by atoms with Gasteiger partial charge in [0.15, 0.2) is 6.61 Å². The first-order valence-electron chi connectivity index (χ1n) is 7.34.